The van der Waals surface area contributed by atoms with E-state index in [0.717, 1.165) is 12.0 Å². The van der Waals surface area contributed by atoms with Gasteiger partial charge < -0.3 is 24.8 Å². The maximum Gasteiger partial charge on any atom is 0.407 e. The Labute approximate surface area is 158 Å². The first kappa shape index (κ1) is 20.2. The minimum Gasteiger partial charge on any atom is -0.489 e. The quantitative estimate of drug-likeness (QED) is 0.814. The van der Waals surface area contributed by atoms with E-state index in [1.165, 1.54) is 0 Å². The second-order valence-electron chi connectivity index (χ2n) is 6.91. The van der Waals surface area contributed by atoms with Gasteiger partial charge >= 0.3 is 6.09 Å². The van der Waals surface area contributed by atoms with E-state index in [9.17, 15) is 9.59 Å². The van der Waals surface area contributed by atoms with Gasteiger partial charge in [0.05, 0.1) is 18.2 Å². The molecule has 2 rings (SSSR count). The standard InChI is InChI=1S/C18H25ClN2O5/c1-18(2,3)26-17(23)20-6-5-15(22)21-11-12-9-13(19)16-14(10-12)24-7-4-8-25-16/h9-10H,4-8,11H2,1-3H3,(H,20,23)(H,21,22). The molecule has 0 saturated heterocycles. The number of fused-ring (bicyclic) bond motifs is 1. The number of hydrogen-bond acceptors (Lipinski definition) is 5. The number of ether oxygens (including phenoxy) is 3. The van der Waals surface area contributed by atoms with Crippen LogP contribution in [0.25, 0.3) is 0 Å². The van der Waals surface area contributed by atoms with E-state index in [1.807, 2.05) is 6.07 Å². The van der Waals surface area contributed by atoms with Gasteiger partial charge in [-0.3, -0.25) is 4.79 Å². The summed E-state index contributed by atoms with van der Waals surface area (Å²) >= 11 is 6.23. The SMILES string of the molecule is CC(C)(C)OC(=O)NCCC(=O)NCc1cc(Cl)c2c(c1)OCCCO2. The van der Waals surface area contributed by atoms with Crippen LogP contribution >= 0.6 is 11.6 Å². The Morgan fingerprint density at radius 1 is 1.19 bits per heavy atom. The summed E-state index contributed by atoms with van der Waals surface area (Å²) in [5.74, 6) is 0.941. The summed E-state index contributed by atoms with van der Waals surface area (Å²) in [6.07, 6.45) is 0.402. The Balaban J connectivity index is 1.78. The molecule has 26 heavy (non-hydrogen) atoms. The highest BCUT2D eigenvalue weighted by Gasteiger charge is 2.17. The molecule has 0 aliphatic carbocycles. The molecule has 7 nitrogen and oxygen atoms in total. The fourth-order valence-electron chi connectivity index (χ4n) is 2.27. The number of rotatable bonds is 5. The molecule has 1 aliphatic heterocycles. The molecule has 0 bridgehead atoms. The van der Waals surface area contributed by atoms with E-state index in [-0.39, 0.29) is 18.9 Å². The van der Waals surface area contributed by atoms with Crippen molar-refractivity contribution in [2.75, 3.05) is 19.8 Å². The lowest BCUT2D eigenvalue weighted by atomic mass is 10.2. The van der Waals surface area contributed by atoms with E-state index in [1.54, 1.807) is 26.8 Å². The number of alkyl carbamates (subject to hydrolysis) is 1. The average molecular weight is 385 g/mol. The fraction of sp³-hybridized carbons (Fsp3) is 0.556. The van der Waals surface area contributed by atoms with E-state index < -0.39 is 11.7 Å². The van der Waals surface area contributed by atoms with Crippen molar-refractivity contribution in [2.24, 2.45) is 0 Å². The zero-order valence-corrected chi connectivity index (χ0v) is 16.1. The van der Waals surface area contributed by atoms with Crippen molar-refractivity contribution in [1.29, 1.82) is 0 Å². The number of benzene rings is 1. The molecule has 8 heteroatoms. The van der Waals surface area contributed by atoms with Crippen LogP contribution in [-0.2, 0) is 16.1 Å². The largest absolute Gasteiger partial charge is 0.489 e. The lowest BCUT2D eigenvalue weighted by Crippen LogP contribution is -2.35. The second-order valence-corrected chi connectivity index (χ2v) is 7.32. The molecule has 144 valence electrons. The third-order valence-corrected chi connectivity index (χ3v) is 3.65. The molecule has 0 aromatic heterocycles. The van der Waals surface area contributed by atoms with Crippen LogP contribution in [0.4, 0.5) is 4.79 Å². The zero-order valence-electron chi connectivity index (χ0n) is 15.3. The molecule has 2 amide bonds. The highest BCUT2D eigenvalue weighted by Crippen LogP contribution is 2.37. The van der Waals surface area contributed by atoms with Gasteiger partial charge in [-0.2, -0.15) is 0 Å². The summed E-state index contributed by atoms with van der Waals surface area (Å²) in [5.41, 5.74) is 0.246. The van der Waals surface area contributed by atoms with Crippen molar-refractivity contribution in [2.45, 2.75) is 45.8 Å². The molecule has 2 N–H and O–H groups in total. The summed E-state index contributed by atoms with van der Waals surface area (Å²) in [6.45, 7) is 6.96. The van der Waals surface area contributed by atoms with Crippen molar-refractivity contribution >= 4 is 23.6 Å². The number of carbonyl (C=O) groups is 2. The van der Waals surface area contributed by atoms with Crippen LogP contribution in [0.2, 0.25) is 5.02 Å². The predicted octanol–water partition coefficient (Wildman–Crippen LogP) is 3.03. The first-order valence-electron chi connectivity index (χ1n) is 8.56. The molecule has 1 aromatic carbocycles. The molecule has 1 aromatic rings. The van der Waals surface area contributed by atoms with E-state index in [2.05, 4.69) is 10.6 Å². The van der Waals surface area contributed by atoms with Crippen molar-refractivity contribution < 1.29 is 23.8 Å². The Hall–Kier alpha value is -2.15. The van der Waals surface area contributed by atoms with Gasteiger partial charge in [-0.05, 0) is 38.5 Å². The van der Waals surface area contributed by atoms with E-state index in [0.29, 0.717) is 36.3 Å². The van der Waals surface area contributed by atoms with Crippen molar-refractivity contribution in [1.82, 2.24) is 10.6 Å². The second kappa shape index (κ2) is 8.98. The Morgan fingerprint density at radius 3 is 2.65 bits per heavy atom. The number of carbonyl (C=O) groups excluding carboxylic acids is 2. The lowest BCUT2D eigenvalue weighted by molar-refractivity contribution is -0.121. The highest BCUT2D eigenvalue weighted by atomic mass is 35.5. The van der Waals surface area contributed by atoms with E-state index >= 15 is 0 Å². The summed E-state index contributed by atoms with van der Waals surface area (Å²) in [5, 5.41) is 5.79. The summed E-state index contributed by atoms with van der Waals surface area (Å²) in [7, 11) is 0. The van der Waals surface area contributed by atoms with Gasteiger partial charge in [-0.15, -0.1) is 0 Å². The third kappa shape index (κ3) is 6.63. The highest BCUT2D eigenvalue weighted by molar-refractivity contribution is 6.32. The zero-order chi connectivity index (χ0) is 19.2. The number of amides is 2. The Kier molecular flexibility index (Phi) is 6.97. The molecule has 0 fully saturated rings. The van der Waals surface area contributed by atoms with Crippen LogP contribution in [0, 0.1) is 0 Å². The average Bonchev–Trinajstić information content (AvgIpc) is 2.77. The van der Waals surface area contributed by atoms with Crippen molar-refractivity contribution in [3.63, 3.8) is 0 Å². The van der Waals surface area contributed by atoms with Gasteiger partial charge in [0.25, 0.3) is 0 Å². The third-order valence-electron chi connectivity index (χ3n) is 3.37. The van der Waals surface area contributed by atoms with Gasteiger partial charge in [-0.25, -0.2) is 4.79 Å². The van der Waals surface area contributed by atoms with Gasteiger partial charge in [0.1, 0.15) is 5.60 Å². The molecule has 1 aliphatic rings. The number of halogens is 1. The number of nitrogens with one attached hydrogen (secondary N) is 2. The van der Waals surface area contributed by atoms with Crippen molar-refractivity contribution in [3.8, 4) is 11.5 Å². The van der Waals surface area contributed by atoms with E-state index in [4.69, 9.17) is 25.8 Å². The van der Waals surface area contributed by atoms with Crippen LogP contribution in [0.15, 0.2) is 12.1 Å². The molecule has 0 radical (unpaired) electrons. The Morgan fingerprint density at radius 2 is 1.92 bits per heavy atom. The van der Waals surface area contributed by atoms with Gasteiger partial charge in [0.15, 0.2) is 11.5 Å². The van der Waals surface area contributed by atoms with Crippen LogP contribution in [0.3, 0.4) is 0 Å². The molecule has 0 saturated carbocycles. The maximum atomic E-state index is 11.9. The van der Waals surface area contributed by atoms with Crippen LogP contribution in [-0.4, -0.2) is 37.4 Å². The molecular weight excluding hydrogens is 360 g/mol. The first-order valence-corrected chi connectivity index (χ1v) is 8.94. The van der Waals surface area contributed by atoms with Gasteiger partial charge in [-0.1, -0.05) is 11.6 Å². The first-order chi connectivity index (χ1) is 12.2. The smallest absolute Gasteiger partial charge is 0.407 e. The van der Waals surface area contributed by atoms with Crippen LogP contribution in [0.5, 0.6) is 11.5 Å². The molecular formula is C18H25ClN2O5. The van der Waals surface area contributed by atoms with Gasteiger partial charge in [0.2, 0.25) is 5.91 Å². The maximum absolute atomic E-state index is 11.9. The molecule has 0 spiro atoms. The minimum atomic E-state index is -0.567. The lowest BCUT2D eigenvalue weighted by Gasteiger charge is -2.19. The molecule has 1 heterocycles. The minimum absolute atomic E-state index is 0.150. The fourth-order valence-corrected chi connectivity index (χ4v) is 2.56. The van der Waals surface area contributed by atoms with Crippen LogP contribution in [0.1, 0.15) is 39.2 Å². The summed E-state index contributed by atoms with van der Waals surface area (Å²) < 4.78 is 16.3. The molecule has 0 atom stereocenters. The molecule has 0 unspecified atom stereocenters. The Bertz CT molecular complexity index is 658. The monoisotopic (exact) mass is 384 g/mol. The number of hydrogen-bond donors (Lipinski definition) is 2. The summed E-state index contributed by atoms with van der Waals surface area (Å²) in [6, 6.07) is 3.56. The predicted molar refractivity (Wildman–Crippen MR) is 97.8 cm³/mol. The van der Waals surface area contributed by atoms with Crippen LogP contribution < -0.4 is 20.1 Å². The van der Waals surface area contributed by atoms with Crippen molar-refractivity contribution in [3.05, 3.63) is 22.7 Å². The normalized spacial score (nSPS) is 13.5. The topological polar surface area (TPSA) is 85.9 Å². The summed E-state index contributed by atoms with van der Waals surface area (Å²) in [4.78, 5) is 23.4. The van der Waals surface area contributed by atoms with Gasteiger partial charge in [0, 0.05) is 25.9 Å².